The van der Waals surface area contributed by atoms with Gasteiger partial charge >= 0.3 is 0 Å². The lowest BCUT2D eigenvalue weighted by atomic mass is 9.93. The van der Waals surface area contributed by atoms with E-state index in [2.05, 4.69) is 42.9 Å². The first kappa shape index (κ1) is 15.4. The standard InChI is InChI=1S/C16H24ClN3/c1-4-20(11-16(2,3)10-18)9-12-8-19-15-7-13(17)5-6-14(12)15/h5-8,19H,4,9-11,18H2,1-3H3. The van der Waals surface area contributed by atoms with E-state index in [0.29, 0.717) is 6.54 Å². The van der Waals surface area contributed by atoms with E-state index >= 15 is 0 Å². The van der Waals surface area contributed by atoms with Gasteiger partial charge in [0.15, 0.2) is 0 Å². The number of nitrogens with zero attached hydrogens (tertiary/aromatic N) is 1. The summed E-state index contributed by atoms with van der Waals surface area (Å²) >= 11 is 6.02. The summed E-state index contributed by atoms with van der Waals surface area (Å²) in [5, 5.41) is 2.01. The molecule has 0 radical (unpaired) electrons. The third-order valence-corrected chi connectivity index (χ3v) is 4.01. The molecule has 4 heteroatoms. The van der Waals surface area contributed by atoms with Crippen molar-refractivity contribution in [2.24, 2.45) is 11.1 Å². The summed E-state index contributed by atoms with van der Waals surface area (Å²) in [6.45, 7) is 10.3. The van der Waals surface area contributed by atoms with E-state index in [4.69, 9.17) is 17.3 Å². The molecule has 0 saturated heterocycles. The molecule has 0 unspecified atom stereocenters. The molecule has 0 aliphatic carbocycles. The molecule has 0 aliphatic heterocycles. The summed E-state index contributed by atoms with van der Waals surface area (Å²) in [6, 6.07) is 6.01. The predicted octanol–water partition coefficient (Wildman–Crippen LogP) is 3.63. The van der Waals surface area contributed by atoms with Gasteiger partial charge in [-0.1, -0.05) is 38.4 Å². The number of benzene rings is 1. The Balaban J connectivity index is 2.17. The Morgan fingerprint density at radius 3 is 2.75 bits per heavy atom. The van der Waals surface area contributed by atoms with E-state index in [-0.39, 0.29) is 5.41 Å². The van der Waals surface area contributed by atoms with Gasteiger partial charge in [0, 0.05) is 35.2 Å². The molecule has 0 spiro atoms. The zero-order valence-corrected chi connectivity index (χ0v) is 13.3. The third-order valence-electron chi connectivity index (χ3n) is 3.77. The Morgan fingerprint density at radius 2 is 2.10 bits per heavy atom. The largest absolute Gasteiger partial charge is 0.361 e. The molecule has 0 amide bonds. The molecule has 20 heavy (non-hydrogen) atoms. The first-order chi connectivity index (χ1) is 9.45. The number of aromatic nitrogens is 1. The number of aromatic amines is 1. The van der Waals surface area contributed by atoms with Crippen LogP contribution < -0.4 is 5.73 Å². The van der Waals surface area contributed by atoms with Crippen molar-refractivity contribution in [1.82, 2.24) is 9.88 Å². The van der Waals surface area contributed by atoms with Gasteiger partial charge in [-0.2, -0.15) is 0 Å². The monoisotopic (exact) mass is 293 g/mol. The molecule has 0 saturated carbocycles. The quantitative estimate of drug-likeness (QED) is 0.854. The molecule has 110 valence electrons. The Kier molecular flexibility index (Phi) is 4.74. The molecule has 0 bridgehead atoms. The number of rotatable bonds is 6. The molecule has 3 N–H and O–H groups in total. The number of H-pyrrole nitrogens is 1. The van der Waals surface area contributed by atoms with Crippen molar-refractivity contribution in [3.63, 3.8) is 0 Å². The summed E-state index contributed by atoms with van der Waals surface area (Å²) in [5.41, 5.74) is 8.40. The van der Waals surface area contributed by atoms with Crippen LogP contribution in [0.3, 0.4) is 0 Å². The van der Waals surface area contributed by atoms with Gasteiger partial charge in [-0.25, -0.2) is 0 Å². The highest BCUT2D eigenvalue weighted by molar-refractivity contribution is 6.31. The summed E-state index contributed by atoms with van der Waals surface area (Å²) < 4.78 is 0. The second-order valence-electron chi connectivity index (χ2n) is 6.18. The maximum Gasteiger partial charge on any atom is 0.0472 e. The SMILES string of the molecule is CCN(Cc1c[nH]c2cc(Cl)ccc12)CC(C)(C)CN. The second kappa shape index (κ2) is 6.17. The van der Waals surface area contributed by atoms with E-state index in [1.165, 1.54) is 10.9 Å². The Hall–Kier alpha value is -1.03. The highest BCUT2D eigenvalue weighted by Crippen LogP contribution is 2.24. The van der Waals surface area contributed by atoms with Gasteiger partial charge in [0.25, 0.3) is 0 Å². The smallest absolute Gasteiger partial charge is 0.0472 e. The van der Waals surface area contributed by atoms with Crippen LogP contribution in [0.4, 0.5) is 0 Å². The normalized spacial score (nSPS) is 12.5. The number of hydrogen-bond donors (Lipinski definition) is 2. The van der Waals surface area contributed by atoms with Gasteiger partial charge in [0.05, 0.1) is 0 Å². The molecule has 2 rings (SSSR count). The van der Waals surface area contributed by atoms with Gasteiger partial charge in [-0.05, 0) is 36.2 Å². The van der Waals surface area contributed by atoms with Crippen LogP contribution >= 0.6 is 11.6 Å². The highest BCUT2D eigenvalue weighted by atomic mass is 35.5. The van der Waals surface area contributed by atoms with Crippen LogP contribution in [0.2, 0.25) is 5.02 Å². The van der Waals surface area contributed by atoms with Crippen LogP contribution in [0.15, 0.2) is 24.4 Å². The predicted molar refractivity (Wildman–Crippen MR) is 87.1 cm³/mol. The van der Waals surface area contributed by atoms with Crippen LogP contribution in [-0.2, 0) is 6.54 Å². The molecule has 1 aromatic heterocycles. The van der Waals surface area contributed by atoms with Crippen LogP contribution in [0.5, 0.6) is 0 Å². The second-order valence-corrected chi connectivity index (χ2v) is 6.61. The van der Waals surface area contributed by atoms with E-state index in [0.717, 1.165) is 30.2 Å². The first-order valence-corrected chi connectivity index (χ1v) is 7.51. The van der Waals surface area contributed by atoms with E-state index in [1.54, 1.807) is 0 Å². The lowest BCUT2D eigenvalue weighted by Gasteiger charge is -2.30. The van der Waals surface area contributed by atoms with Crippen molar-refractivity contribution in [3.05, 3.63) is 35.0 Å². The van der Waals surface area contributed by atoms with Crippen LogP contribution in [0, 0.1) is 5.41 Å². The number of hydrogen-bond acceptors (Lipinski definition) is 2. The maximum atomic E-state index is 6.02. The van der Waals surface area contributed by atoms with Gasteiger partial charge in [0.1, 0.15) is 0 Å². The van der Waals surface area contributed by atoms with Crippen LogP contribution in [0.1, 0.15) is 26.3 Å². The van der Waals surface area contributed by atoms with Crippen molar-refractivity contribution >= 4 is 22.5 Å². The lowest BCUT2D eigenvalue weighted by molar-refractivity contribution is 0.184. The van der Waals surface area contributed by atoms with Crippen LogP contribution in [0.25, 0.3) is 10.9 Å². The maximum absolute atomic E-state index is 6.02. The minimum absolute atomic E-state index is 0.144. The molecule has 2 aromatic rings. The number of fused-ring (bicyclic) bond motifs is 1. The number of halogens is 1. The zero-order chi connectivity index (χ0) is 14.8. The Labute approximate surface area is 126 Å². The number of nitrogens with two attached hydrogens (primary N) is 1. The lowest BCUT2D eigenvalue weighted by Crippen LogP contribution is -2.38. The topological polar surface area (TPSA) is 45.0 Å². The van der Waals surface area contributed by atoms with Crippen molar-refractivity contribution in [2.75, 3.05) is 19.6 Å². The fourth-order valence-corrected chi connectivity index (χ4v) is 2.65. The van der Waals surface area contributed by atoms with E-state index < -0.39 is 0 Å². The fraction of sp³-hybridized carbons (Fsp3) is 0.500. The average Bonchev–Trinajstić information content (AvgIpc) is 2.80. The third kappa shape index (κ3) is 3.54. The molecule has 1 heterocycles. The molecule has 1 aromatic carbocycles. The van der Waals surface area contributed by atoms with Crippen molar-refractivity contribution < 1.29 is 0 Å². The van der Waals surface area contributed by atoms with Gasteiger partial charge in [-0.15, -0.1) is 0 Å². The van der Waals surface area contributed by atoms with Crippen molar-refractivity contribution in [3.8, 4) is 0 Å². The molecular formula is C16H24ClN3. The minimum Gasteiger partial charge on any atom is -0.361 e. The fourth-order valence-electron chi connectivity index (χ4n) is 2.48. The van der Waals surface area contributed by atoms with Crippen molar-refractivity contribution in [1.29, 1.82) is 0 Å². The summed E-state index contributed by atoms with van der Waals surface area (Å²) in [5.74, 6) is 0. The van der Waals surface area contributed by atoms with Gasteiger partial charge in [-0.3, -0.25) is 4.90 Å². The molecule has 0 atom stereocenters. The Bertz CT molecular complexity index is 574. The number of nitrogens with one attached hydrogen (secondary N) is 1. The molecule has 0 aliphatic rings. The van der Waals surface area contributed by atoms with Crippen molar-refractivity contribution in [2.45, 2.75) is 27.3 Å². The van der Waals surface area contributed by atoms with Crippen LogP contribution in [-0.4, -0.2) is 29.5 Å². The Morgan fingerprint density at radius 1 is 1.35 bits per heavy atom. The summed E-state index contributed by atoms with van der Waals surface area (Å²) in [7, 11) is 0. The highest BCUT2D eigenvalue weighted by Gasteiger charge is 2.20. The molecular weight excluding hydrogens is 270 g/mol. The zero-order valence-electron chi connectivity index (χ0n) is 12.5. The van der Waals surface area contributed by atoms with E-state index in [9.17, 15) is 0 Å². The summed E-state index contributed by atoms with van der Waals surface area (Å²) in [6.07, 6.45) is 2.08. The molecule has 0 fully saturated rings. The summed E-state index contributed by atoms with van der Waals surface area (Å²) in [4.78, 5) is 5.73. The average molecular weight is 294 g/mol. The first-order valence-electron chi connectivity index (χ1n) is 7.13. The van der Waals surface area contributed by atoms with Gasteiger partial charge < -0.3 is 10.7 Å². The van der Waals surface area contributed by atoms with Gasteiger partial charge in [0.2, 0.25) is 0 Å². The van der Waals surface area contributed by atoms with E-state index in [1.807, 2.05) is 12.1 Å². The minimum atomic E-state index is 0.144. The molecule has 3 nitrogen and oxygen atoms in total.